The van der Waals surface area contributed by atoms with Crippen LogP contribution in [-0.4, -0.2) is 50.0 Å². The molecule has 9 heteroatoms. The van der Waals surface area contributed by atoms with Crippen molar-refractivity contribution in [1.82, 2.24) is 29.1 Å². The topological polar surface area (TPSA) is 91.4 Å². The van der Waals surface area contributed by atoms with Crippen LogP contribution >= 0.6 is 0 Å². The molecule has 9 nitrogen and oxygen atoms in total. The number of methoxy groups -OCH3 is 2. The van der Waals surface area contributed by atoms with E-state index in [0.717, 1.165) is 51.8 Å². The summed E-state index contributed by atoms with van der Waals surface area (Å²) in [6.45, 7) is 2.03. The summed E-state index contributed by atoms with van der Waals surface area (Å²) in [6.07, 6.45) is 9.20. The lowest BCUT2D eigenvalue weighted by atomic mass is 10.1. The van der Waals surface area contributed by atoms with Crippen LogP contribution in [0, 0.1) is 0 Å². The summed E-state index contributed by atoms with van der Waals surface area (Å²) in [5.41, 5.74) is 5.83. The molecule has 0 fully saturated rings. The molecule has 172 valence electrons. The number of fused-ring (bicyclic) bond motifs is 1. The predicted molar refractivity (Wildman–Crippen MR) is 130 cm³/mol. The van der Waals surface area contributed by atoms with Crippen molar-refractivity contribution in [3.63, 3.8) is 0 Å². The van der Waals surface area contributed by atoms with E-state index < -0.39 is 0 Å². The maximum absolute atomic E-state index is 5.28. The van der Waals surface area contributed by atoms with Gasteiger partial charge in [-0.1, -0.05) is 24.3 Å². The van der Waals surface area contributed by atoms with E-state index >= 15 is 0 Å². The van der Waals surface area contributed by atoms with Crippen LogP contribution in [0.1, 0.15) is 5.56 Å². The molecule has 0 amide bonds. The van der Waals surface area contributed by atoms with Gasteiger partial charge in [-0.3, -0.25) is 9.08 Å². The molecule has 0 radical (unpaired) electrons. The van der Waals surface area contributed by atoms with Gasteiger partial charge in [-0.25, -0.2) is 15.0 Å². The molecule has 4 heterocycles. The molecule has 5 aromatic rings. The molecule has 4 aromatic heterocycles. The molecular weight excluding hydrogens is 430 g/mol. The molecule has 0 saturated heterocycles. The highest BCUT2D eigenvalue weighted by Gasteiger charge is 2.10. The molecule has 5 rings (SSSR count). The number of benzene rings is 1. The highest BCUT2D eigenvalue weighted by atomic mass is 16.5. The summed E-state index contributed by atoms with van der Waals surface area (Å²) in [4.78, 5) is 13.3. The molecule has 0 aliphatic heterocycles. The highest BCUT2D eigenvalue weighted by Crippen LogP contribution is 2.23. The Morgan fingerprint density at radius 3 is 2.65 bits per heavy atom. The van der Waals surface area contributed by atoms with Crippen molar-refractivity contribution in [2.75, 3.05) is 26.1 Å². The number of hydrogen-bond acceptors (Lipinski definition) is 7. The third-order valence-electron chi connectivity index (χ3n) is 5.57. The van der Waals surface area contributed by atoms with E-state index in [9.17, 15) is 0 Å². The Kier molecular flexibility index (Phi) is 6.17. The van der Waals surface area contributed by atoms with Gasteiger partial charge < -0.3 is 14.8 Å². The lowest BCUT2D eigenvalue weighted by Gasteiger charge is -2.08. The van der Waals surface area contributed by atoms with Crippen molar-refractivity contribution >= 4 is 11.5 Å². The first kappa shape index (κ1) is 21.6. The Labute approximate surface area is 197 Å². The minimum absolute atomic E-state index is 0.641. The second-order valence-electron chi connectivity index (χ2n) is 7.76. The standard InChI is InChI=1S/C25H25N7O2/c1-33-10-9-31-16-20(14-30-31)19-5-3-18(4-6-19)13-26-24-12-22(28-17-29-24)23-15-27-25-11-21(34-2)7-8-32(23)25/h3-8,11-12,14-17H,9-10,13H2,1-2H3,(H,26,28,29). The number of rotatable bonds is 9. The molecule has 1 aromatic carbocycles. The fraction of sp³-hybridized carbons (Fsp3) is 0.200. The van der Waals surface area contributed by atoms with Gasteiger partial charge in [0.2, 0.25) is 0 Å². The Balaban J connectivity index is 1.26. The van der Waals surface area contributed by atoms with E-state index in [0.29, 0.717) is 13.2 Å². The SMILES string of the molecule is COCCn1cc(-c2ccc(CNc3cc(-c4cnc5cc(OC)ccn45)ncn3)cc2)cn1. The monoisotopic (exact) mass is 455 g/mol. The fourth-order valence-corrected chi connectivity index (χ4v) is 3.70. The Morgan fingerprint density at radius 1 is 0.941 bits per heavy atom. The molecule has 1 N–H and O–H groups in total. The van der Waals surface area contributed by atoms with Crippen molar-refractivity contribution in [1.29, 1.82) is 0 Å². The van der Waals surface area contributed by atoms with E-state index in [1.807, 2.05) is 45.9 Å². The summed E-state index contributed by atoms with van der Waals surface area (Å²) in [5.74, 6) is 1.51. The second-order valence-corrected chi connectivity index (χ2v) is 7.76. The van der Waals surface area contributed by atoms with Gasteiger partial charge in [0, 0.05) is 43.7 Å². The smallest absolute Gasteiger partial charge is 0.140 e. The van der Waals surface area contributed by atoms with Gasteiger partial charge in [0.1, 0.15) is 23.5 Å². The van der Waals surface area contributed by atoms with E-state index in [-0.39, 0.29) is 0 Å². The zero-order valence-electron chi connectivity index (χ0n) is 19.0. The Hall–Kier alpha value is -4.24. The maximum Gasteiger partial charge on any atom is 0.140 e. The lowest BCUT2D eigenvalue weighted by Crippen LogP contribution is -2.03. The van der Waals surface area contributed by atoms with Gasteiger partial charge in [0.05, 0.1) is 44.0 Å². The van der Waals surface area contributed by atoms with E-state index in [4.69, 9.17) is 9.47 Å². The van der Waals surface area contributed by atoms with Crippen LogP contribution in [0.2, 0.25) is 0 Å². The minimum atomic E-state index is 0.641. The predicted octanol–water partition coefficient (Wildman–Crippen LogP) is 3.92. The van der Waals surface area contributed by atoms with E-state index in [1.165, 1.54) is 0 Å². The maximum atomic E-state index is 5.28. The molecule has 0 unspecified atom stereocenters. The quantitative estimate of drug-likeness (QED) is 0.360. The van der Waals surface area contributed by atoms with Crippen LogP contribution in [0.5, 0.6) is 5.75 Å². The van der Waals surface area contributed by atoms with Crippen molar-refractivity contribution in [3.05, 3.63) is 79.1 Å². The van der Waals surface area contributed by atoms with Crippen LogP contribution in [0.15, 0.2) is 73.6 Å². The molecule has 0 atom stereocenters. The zero-order valence-corrected chi connectivity index (χ0v) is 19.0. The van der Waals surface area contributed by atoms with Gasteiger partial charge in [0.25, 0.3) is 0 Å². The zero-order chi connectivity index (χ0) is 23.3. The Bertz CT molecular complexity index is 1390. The van der Waals surface area contributed by atoms with E-state index in [2.05, 4.69) is 49.6 Å². The van der Waals surface area contributed by atoms with Crippen molar-refractivity contribution in [2.45, 2.75) is 13.1 Å². The fourth-order valence-electron chi connectivity index (χ4n) is 3.70. The van der Waals surface area contributed by atoms with Crippen molar-refractivity contribution in [2.24, 2.45) is 0 Å². The van der Waals surface area contributed by atoms with Crippen LogP contribution in [0.3, 0.4) is 0 Å². The summed E-state index contributed by atoms with van der Waals surface area (Å²) in [7, 11) is 3.33. The number of imidazole rings is 1. The van der Waals surface area contributed by atoms with Gasteiger partial charge in [-0.2, -0.15) is 5.10 Å². The number of nitrogens with zero attached hydrogens (tertiary/aromatic N) is 6. The van der Waals surface area contributed by atoms with Crippen LogP contribution in [-0.2, 0) is 17.8 Å². The van der Waals surface area contributed by atoms with Crippen molar-refractivity contribution < 1.29 is 9.47 Å². The number of aromatic nitrogens is 6. The van der Waals surface area contributed by atoms with Crippen LogP contribution in [0.25, 0.3) is 28.2 Å². The number of ether oxygens (including phenoxy) is 2. The van der Waals surface area contributed by atoms with Gasteiger partial charge >= 0.3 is 0 Å². The van der Waals surface area contributed by atoms with Crippen LogP contribution in [0.4, 0.5) is 5.82 Å². The van der Waals surface area contributed by atoms with Gasteiger partial charge in [-0.15, -0.1) is 0 Å². The molecule has 0 aliphatic carbocycles. The average Bonchev–Trinajstić information content (AvgIpc) is 3.53. The number of anilines is 1. The van der Waals surface area contributed by atoms with Gasteiger partial charge in [-0.05, 0) is 17.2 Å². The van der Waals surface area contributed by atoms with E-state index in [1.54, 1.807) is 26.7 Å². The molecule has 0 aliphatic rings. The third-order valence-corrected chi connectivity index (χ3v) is 5.57. The number of hydrogen-bond donors (Lipinski definition) is 1. The number of nitrogens with one attached hydrogen (secondary N) is 1. The normalized spacial score (nSPS) is 11.1. The molecule has 0 bridgehead atoms. The highest BCUT2D eigenvalue weighted by molar-refractivity contribution is 5.64. The molecule has 0 spiro atoms. The Morgan fingerprint density at radius 2 is 1.82 bits per heavy atom. The first-order valence-electron chi connectivity index (χ1n) is 10.9. The summed E-state index contributed by atoms with van der Waals surface area (Å²) in [6, 6.07) is 14.1. The third kappa shape index (κ3) is 4.60. The first-order chi connectivity index (χ1) is 16.7. The summed E-state index contributed by atoms with van der Waals surface area (Å²) >= 11 is 0. The van der Waals surface area contributed by atoms with Crippen molar-refractivity contribution in [3.8, 4) is 28.3 Å². The molecular formula is C25H25N7O2. The number of pyridine rings is 1. The minimum Gasteiger partial charge on any atom is -0.497 e. The second kappa shape index (κ2) is 9.72. The first-order valence-corrected chi connectivity index (χ1v) is 10.9. The largest absolute Gasteiger partial charge is 0.497 e. The average molecular weight is 456 g/mol. The van der Waals surface area contributed by atoms with Crippen LogP contribution < -0.4 is 10.1 Å². The summed E-state index contributed by atoms with van der Waals surface area (Å²) < 4.78 is 14.3. The van der Waals surface area contributed by atoms with Gasteiger partial charge in [0.15, 0.2) is 0 Å². The lowest BCUT2D eigenvalue weighted by molar-refractivity contribution is 0.183. The molecule has 0 saturated carbocycles. The summed E-state index contributed by atoms with van der Waals surface area (Å²) in [5, 5.41) is 7.77. The molecule has 34 heavy (non-hydrogen) atoms.